The molecule has 0 radical (unpaired) electrons. The highest BCUT2D eigenvalue weighted by Gasteiger charge is 2.45. The zero-order valence-electron chi connectivity index (χ0n) is 7.54. The minimum Gasteiger partial charge on any atom is -0.480 e. The fraction of sp³-hybridized carbons (Fsp3) is 0.750. The summed E-state index contributed by atoms with van der Waals surface area (Å²) in [5.74, 6) is -1.42. The van der Waals surface area contributed by atoms with Crippen LogP contribution in [0, 0.1) is 0 Å². The van der Waals surface area contributed by atoms with Crippen LogP contribution >= 0.6 is 0 Å². The number of carboxylic acid groups (broad SMARTS) is 1. The second-order valence-corrected chi connectivity index (χ2v) is 3.51. The Hall–Kier alpha value is -1.10. The number of primary amides is 1. The van der Waals surface area contributed by atoms with Gasteiger partial charge in [0.2, 0.25) is 5.91 Å². The maximum absolute atomic E-state index is 10.8. The third kappa shape index (κ3) is 1.80. The summed E-state index contributed by atoms with van der Waals surface area (Å²) in [6, 6.07) is -0.587. The molecule has 4 N–H and O–H groups in total. The molecular weight excluding hydrogens is 172 g/mol. The Labute approximate surface area is 76.3 Å². The Morgan fingerprint density at radius 2 is 2.08 bits per heavy atom. The number of hydrogen-bond donors (Lipinski definition) is 3. The minimum atomic E-state index is -0.908. The van der Waals surface area contributed by atoms with E-state index in [-0.39, 0.29) is 0 Å². The first-order chi connectivity index (χ1) is 5.98. The van der Waals surface area contributed by atoms with Gasteiger partial charge in [-0.1, -0.05) is 0 Å². The van der Waals surface area contributed by atoms with E-state index in [1.807, 2.05) is 0 Å². The number of carbonyl (C=O) groups excluding carboxylic acids is 1. The van der Waals surface area contributed by atoms with Crippen molar-refractivity contribution in [2.75, 3.05) is 0 Å². The van der Waals surface area contributed by atoms with Crippen molar-refractivity contribution in [3.8, 4) is 0 Å². The highest BCUT2D eigenvalue weighted by atomic mass is 16.4. The molecular formula is C8H14N2O3. The lowest BCUT2D eigenvalue weighted by Gasteiger charge is -2.39. The van der Waals surface area contributed by atoms with Crippen molar-refractivity contribution in [3.63, 3.8) is 0 Å². The maximum atomic E-state index is 10.8. The summed E-state index contributed by atoms with van der Waals surface area (Å²) in [6.45, 7) is 1.57. The molecule has 74 valence electrons. The number of nitrogens with one attached hydrogen (secondary N) is 1. The van der Waals surface area contributed by atoms with Crippen LogP contribution in [0.2, 0.25) is 0 Å². The first-order valence-electron chi connectivity index (χ1n) is 4.28. The first kappa shape index (κ1) is 9.98. The van der Waals surface area contributed by atoms with Gasteiger partial charge in [-0.25, -0.2) is 0 Å². The van der Waals surface area contributed by atoms with Crippen molar-refractivity contribution in [1.82, 2.24) is 5.32 Å². The van der Waals surface area contributed by atoms with Gasteiger partial charge in [0.1, 0.15) is 5.54 Å². The summed E-state index contributed by atoms with van der Waals surface area (Å²) >= 11 is 0. The smallest absolute Gasteiger partial charge is 0.323 e. The van der Waals surface area contributed by atoms with Crippen LogP contribution in [0.1, 0.15) is 26.2 Å². The van der Waals surface area contributed by atoms with E-state index < -0.39 is 23.5 Å². The number of carbonyl (C=O) groups is 2. The molecule has 1 atom stereocenters. The zero-order valence-corrected chi connectivity index (χ0v) is 7.54. The number of hydrogen-bond acceptors (Lipinski definition) is 3. The van der Waals surface area contributed by atoms with Gasteiger partial charge in [0, 0.05) is 0 Å². The molecule has 5 heteroatoms. The lowest BCUT2D eigenvalue weighted by Crippen LogP contribution is -2.62. The number of nitrogens with two attached hydrogens (primary N) is 1. The molecule has 13 heavy (non-hydrogen) atoms. The molecule has 0 aromatic heterocycles. The third-order valence-corrected chi connectivity index (χ3v) is 2.54. The van der Waals surface area contributed by atoms with E-state index in [4.69, 9.17) is 10.8 Å². The Kier molecular flexibility index (Phi) is 2.56. The topological polar surface area (TPSA) is 92.4 Å². The van der Waals surface area contributed by atoms with Crippen LogP contribution in [0.15, 0.2) is 0 Å². The zero-order chi connectivity index (χ0) is 10.1. The fourth-order valence-electron chi connectivity index (χ4n) is 1.44. The van der Waals surface area contributed by atoms with Crippen LogP contribution in [0.3, 0.4) is 0 Å². The Morgan fingerprint density at radius 1 is 1.54 bits per heavy atom. The lowest BCUT2D eigenvalue weighted by atomic mass is 9.76. The molecule has 0 saturated heterocycles. The van der Waals surface area contributed by atoms with E-state index >= 15 is 0 Å². The number of carboxylic acids is 1. The van der Waals surface area contributed by atoms with Crippen molar-refractivity contribution >= 4 is 11.9 Å². The molecule has 0 bridgehead atoms. The summed E-state index contributed by atoms with van der Waals surface area (Å²) in [4.78, 5) is 21.6. The van der Waals surface area contributed by atoms with E-state index in [1.165, 1.54) is 0 Å². The van der Waals surface area contributed by atoms with Crippen LogP contribution in [0.25, 0.3) is 0 Å². The highest BCUT2D eigenvalue weighted by Crippen LogP contribution is 2.32. The van der Waals surface area contributed by atoms with Gasteiger partial charge in [-0.3, -0.25) is 14.9 Å². The highest BCUT2D eigenvalue weighted by molar-refractivity contribution is 5.83. The SMILES string of the molecule is CC(NC1(C(=O)O)CCC1)C(N)=O. The molecule has 1 fully saturated rings. The number of amides is 1. The molecule has 1 saturated carbocycles. The Balaban J connectivity index is 2.59. The van der Waals surface area contributed by atoms with Crippen LogP contribution in [-0.2, 0) is 9.59 Å². The summed E-state index contributed by atoms with van der Waals surface area (Å²) < 4.78 is 0. The van der Waals surface area contributed by atoms with Gasteiger partial charge in [0.25, 0.3) is 0 Å². The van der Waals surface area contributed by atoms with Crippen molar-refractivity contribution in [2.45, 2.75) is 37.8 Å². The van der Waals surface area contributed by atoms with Crippen LogP contribution < -0.4 is 11.1 Å². The second-order valence-electron chi connectivity index (χ2n) is 3.51. The minimum absolute atomic E-state index is 0.521. The molecule has 0 aromatic rings. The van der Waals surface area contributed by atoms with Gasteiger partial charge in [0.05, 0.1) is 6.04 Å². The molecule has 0 heterocycles. The van der Waals surface area contributed by atoms with E-state index in [2.05, 4.69) is 5.32 Å². The summed E-state index contributed by atoms with van der Waals surface area (Å²) in [7, 11) is 0. The van der Waals surface area contributed by atoms with Crippen molar-refractivity contribution in [3.05, 3.63) is 0 Å². The standard InChI is InChI=1S/C8H14N2O3/c1-5(6(9)11)10-8(7(12)13)3-2-4-8/h5,10H,2-4H2,1H3,(H2,9,11)(H,12,13). The second kappa shape index (κ2) is 3.33. The van der Waals surface area contributed by atoms with Crippen LogP contribution in [0.5, 0.6) is 0 Å². The lowest BCUT2D eigenvalue weighted by molar-refractivity contribution is -0.149. The summed E-state index contributed by atoms with van der Waals surface area (Å²) in [5, 5.41) is 11.7. The van der Waals surface area contributed by atoms with E-state index in [1.54, 1.807) is 6.92 Å². The van der Waals surface area contributed by atoms with Crippen LogP contribution in [-0.4, -0.2) is 28.6 Å². The normalized spacial score (nSPS) is 21.6. The van der Waals surface area contributed by atoms with E-state index in [0.29, 0.717) is 12.8 Å². The molecule has 1 rings (SSSR count). The third-order valence-electron chi connectivity index (χ3n) is 2.54. The van der Waals surface area contributed by atoms with Gasteiger partial charge in [-0.15, -0.1) is 0 Å². The quantitative estimate of drug-likeness (QED) is 0.549. The van der Waals surface area contributed by atoms with Crippen molar-refractivity contribution < 1.29 is 14.7 Å². The van der Waals surface area contributed by atoms with Crippen molar-refractivity contribution in [2.24, 2.45) is 5.73 Å². The summed E-state index contributed by atoms with van der Waals surface area (Å²) in [5.41, 5.74) is 4.12. The number of aliphatic carboxylic acids is 1. The molecule has 0 aliphatic heterocycles. The average molecular weight is 186 g/mol. The maximum Gasteiger partial charge on any atom is 0.323 e. The predicted molar refractivity (Wildman–Crippen MR) is 46.0 cm³/mol. The molecule has 0 aromatic carbocycles. The molecule has 5 nitrogen and oxygen atoms in total. The van der Waals surface area contributed by atoms with E-state index in [0.717, 1.165) is 6.42 Å². The molecule has 1 aliphatic rings. The monoisotopic (exact) mass is 186 g/mol. The van der Waals surface area contributed by atoms with Gasteiger partial charge < -0.3 is 10.8 Å². The van der Waals surface area contributed by atoms with Crippen molar-refractivity contribution in [1.29, 1.82) is 0 Å². The van der Waals surface area contributed by atoms with Gasteiger partial charge in [-0.2, -0.15) is 0 Å². The molecule has 1 aliphatic carbocycles. The predicted octanol–water partition coefficient (Wildman–Crippen LogP) is -0.543. The van der Waals surface area contributed by atoms with Gasteiger partial charge in [-0.05, 0) is 26.2 Å². The largest absolute Gasteiger partial charge is 0.480 e. The molecule has 0 spiro atoms. The van der Waals surface area contributed by atoms with Gasteiger partial charge in [0.15, 0.2) is 0 Å². The molecule has 1 amide bonds. The number of rotatable bonds is 4. The molecule has 1 unspecified atom stereocenters. The average Bonchev–Trinajstić information content (AvgIpc) is 1.95. The summed E-state index contributed by atoms with van der Waals surface area (Å²) in [6.07, 6.45) is 2.02. The Morgan fingerprint density at radius 3 is 2.31 bits per heavy atom. The Bertz CT molecular complexity index is 236. The fourth-order valence-corrected chi connectivity index (χ4v) is 1.44. The van der Waals surface area contributed by atoms with E-state index in [9.17, 15) is 9.59 Å². The first-order valence-corrected chi connectivity index (χ1v) is 4.28. The van der Waals surface area contributed by atoms with Gasteiger partial charge >= 0.3 is 5.97 Å². The van der Waals surface area contributed by atoms with Crippen LogP contribution in [0.4, 0.5) is 0 Å².